The van der Waals surface area contributed by atoms with Crippen LogP contribution < -0.4 is 5.76 Å². The van der Waals surface area contributed by atoms with Crippen LogP contribution in [0.3, 0.4) is 0 Å². The van der Waals surface area contributed by atoms with E-state index < -0.39 is 11.7 Å². The van der Waals surface area contributed by atoms with Gasteiger partial charge in [0.05, 0.1) is 6.54 Å². The molecule has 102 valence electrons. The summed E-state index contributed by atoms with van der Waals surface area (Å²) >= 11 is 1.19. The summed E-state index contributed by atoms with van der Waals surface area (Å²) in [4.78, 5) is 28.0. The molecule has 3 aromatic heterocycles. The Morgan fingerprint density at radius 1 is 1.55 bits per heavy atom. The molecule has 0 aliphatic heterocycles. The van der Waals surface area contributed by atoms with E-state index >= 15 is 0 Å². The normalized spacial score (nSPS) is 11.1. The molecule has 0 radical (unpaired) electrons. The maximum absolute atomic E-state index is 11.8. The monoisotopic (exact) mass is 290 g/mol. The van der Waals surface area contributed by atoms with Gasteiger partial charge in [-0.25, -0.2) is 14.6 Å². The summed E-state index contributed by atoms with van der Waals surface area (Å²) in [7, 11) is 0. The van der Waals surface area contributed by atoms with E-state index in [-0.39, 0.29) is 11.4 Å². The highest BCUT2D eigenvalue weighted by atomic mass is 32.1. The fourth-order valence-corrected chi connectivity index (χ4v) is 2.87. The minimum absolute atomic E-state index is 0.248. The minimum atomic E-state index is -0.966. The zero-order chi connectivity index (χ0) is 14.3. The molecule has 0 spiro atoms. The van der Waals surface area contributed by atoms with Gasteiger partial charge in [0.25, 0.3) is 0 Å². The van der Waals surface area contributed by atoms with E-state index in [0.717, 1.165) is 10.4 Å². The van der Waals surface area contributed by atoms with Gasteiger partial charge in [-0.2, -0.15) is 0 Å². The van der Waals surface area contributed by atoms with E-state index in [1.165, 1.54) is 15.9 Å². The highest BCUT2D eigenvalue weighted by Gasteiger charge is 2.15. The van der Waals surface area contributed by atoms with Gasteiger partial charge in [0.1, 0.15) is 4.88 Å². The van der Waals surface area contributed by atoms with Crippen molar-refractivity contribution in [3.8, 4) is 0 Å². The van der Waals surface area contributed by atoms with Crippen molar-refractivity contribution < 1.29 is 14.3 Å². The van der Waals surface area contributed by atoms with Crippen LogP contribution in [-0.4, -0.2) is 20.6 Å². The van der Waals surface area contributed by atoms with Gasteiger partial charge in [-0.3, -0.25) is 4.57 Å². The number of aromatic nitrogens is 2. The average Bonchev–Trinajstić information content (AvgIpc) is 2.92. The third-order valence-electron chi connectivity index (χ3n) is 2.98. The Bertz CT molecular complexity index is 859. The third-order valence-corrected chi connectivity index (χ3v) is 4.06. The molecule has 0 bridgehead atoms. The average molecular weight is 290 g/mol. The Hall–Kier alpha value is -2.41. The van der Waals surface area contributed by atoms with Crippen molar-refractivity contribution in [2.24, 2.45) is 0 Å². The molecule has 0 aromatic carbocycles. The molecule has 0 saturated carbocycles. The van der Waals surface area contributed by atoms with Crippen molar-refractivity contribution in [3.63, 3.8) is 0 Å². The van der Waals surface area contributed by atoms with Gasteiger partial charge in [-0.15, -0.1) is 11.3 Å². The number of hydrogen-bond acceptors (Lipinski definition) is 5. The lowest BCUT2D eigenvalue weighted by Crippen LogP contribution is -2.15. The van der Waals surface area contributed by atoms with E-state index in [1.54, 1.807) is 24.4 Å². The molecule has 0 unspecified atom stereocenters. The SMILES string of the molecule is Cc1sc(C(=O)O)cc1Cn1c(=O)oc2cccnc21. The van der Waals surface area contributed by atoms with Crippen LogP contribution in [0.1, 0.15) is 20.1 Å². The first-order chi connectivity index (χ1) is 9.56. The van der Waals surface area contributed by atoms with E-state index in [9.17, 15) is 9.59 Å². The molecule has 0 amide bonds. The number of carboxylic acid groups (broad SMARTS) is 1. The van der Waals surface area contributed by atoms with Crippen LogP contribution in [0.2, 0.25) is 0 Å². The van der Waals surface area contributed by atoms with Gasteiger partial charge in [0.15, 0.2) is 11.2 Å². The fraction of sp³-hybridized carbons (Fsp3) is 0.154. The molecule has 0 saturated heterocycles. The number of rotatable bonds is 3. The number of aromatic carboxylic acids is 1. The molecule has 3 aromatic rings. The van der Waals surface area contributed by atoms with Crippen LogP contribution in [0.5, 0.6) is 0 Å². The van der Waals surface area contributed by atoms with E-state index in [4.69, 9.17) is 9.52 Å². The molecule has 20 heavy (non-hydrogen) atoms. The molecule has 1 N–H and O–H groups in total. The summed E-state index contributed by atoms with van der Waals surface area (Å²) < 4.78 is 6.50. The lowest BCUT2D eigenvalue weighted by molar-refractivity contribution is 0.0702. The van der Waals surface area contributed by atoms with Crippen LogP contribution in [0.15, 0.2) is 33.6 Å². The Balaban J connectivity index is 2.07. The quantitative estimate of drug-likeness (QED) is 0.798. The Labute approximate surface area is 116 Å². The lowest BCUT2D eigenvalue weighted by Gasteiger charge is -2.00. The van der Waals surface area contributed by atoms with Crippen LogP contribution in [0.25, 0.3) is 11.2 Å². The summed E-state index contributed by atoms with van der Waals surface area (Å²) in [5.41, 5.74) is 1.66. The number of pyridine rings is 1. The van der Waals surface area contributed by atoms with E-state index in [2.05, 4.69) is 4.98 Å². The number of carboxylic acids is 1. The van der Waals surface area contributed by atoms with Gasteiger partial charge >= 0.3 is 11.7 Å². The van der Waals surface area contributed by atoms with Crippen molar-refractivity contribution in [3.05, 3.63) is 50.3 Å². The number of nitrogens with zero attached hydrogens (tertiary/aromatic N) is 2. The number of fused-ring (bicyclic) bond motifs is 1. The molecule has 0 aliphatic carbocycles. The highest BCUT2D eigenvalue weighted by molar-refractivity contribution is 7.14. The zero-order valence-electron chi connectivity index (χ0n) is 10.5. The van der Waals surface area contributed by atoms with Gasteiger partial charge in [0.2, 0.25) is 0 Å². The second kappa shape index (κ2) is 4.61. The van der Waals surface area contributed by atoms with E-state index in [0.29, 0.717) is 11.2 Å². The van der Waals surface area contributed by atoms with Crippen LogP contribution in [0.4, 0.5) is 0 Å². The topological polar surface area (TPSA) is 85.3 Å². The number of carbonyl (C=O) groups is 1. The molecule has 3 heterocycles. The van der Waals surface area contributed by atoms with Crippen LogP contribution in [0, 0.1) is 6.92 Å². The smallest absolute Gasteiger partial charge is 0.421 e. The van der Waals surface area contributed by atoms with Gasteiger partial charge < -0.3 is 9.52 Å². The number of hydrogen-bond donors (Lipinski definition) is 1. The van der Waals surface area contributed by atoms with Gasteiger partial charge in [-0.1, -0.05) is 0 Å². The predicted octanol–water partition coefficient (Wildman–Crippen LogP) is 2.11. The molecule has 7 heteroatoms. The maximum atomic E-state index is 11.8. The molecule has 3 rings (SSSR count). The summed E-state index contributed by atoms with van der Waals surface area (Å²) in [6.45, 7) is 2.08. The van der Waals surface area contributed by atoms with Crippen molar-refractivity contribution in [1.82, 2.24) is 9.55 Å². The van der Waals surface area contributed by atoms with Gasteiger partial charge in [-0.05, 0) is 30.7 Å². The molecule has 0 aliphatic rings. The second-order valence-corrected chi connectivity index (χ2v) is 5.53. The third kappa shape index (κ3) is 2.01. The number of oxazole rings is 1. The first kappa shape index (κ1) is 12.6. The van der Waals surface area contributed by atoms with Crippen molar-refractivity contribution in [2.45, 2.75) is 13.5 Å². The largest absolute Gasteiger partial charge is 0.477 e. The second-order valence-electron chi connectivity index (χ2n) is 4.28. The zero-order valence-corrected chi connectivity index (χ0v) is 11.3. The van der Waals surface area contributed by atoms with Crippen molar-refractivity contribution in [2.75, 3.05) is 0 Å². The van der Waals surface area contributed by atoms with Crippen LogP contribution >= 0.6 is 11.3 Å². The van der Waals surface area contributed by atoms with Crippen molar-refractivity contribution in [1.29, 1.82) is 0 Å². The lowest BCUT2D eigenvalue weighted by atomic mass is 10.2. The molecular weight excluding hydrogens is 280 g/mol. The van der Waals surface area contributed by atoms with Gasteiger partial charge in [0, 0.05) is 11.1 Å². The standard InChI is InChI=1S/C13H10N2O4S/c1-7-8(5-10(20-7)12(16)17)6-15-11-9(19-13(15)18)3-2-4-14-11/h2-5H,6H2,1H3,(H,16,17). The Morgan fingerprint density at radius 2 is 2.35 bits per heavy atom. The minimum Gasteiger partial charge on any atom is -0.477 e. The molecule has 0 atom stereocenters. The summed E-state index contributed by atoms with van der Waals surface area (Å²) in [5.74, 6) is -1.46. The summed E-state index contributed by atoms with van der Waals surface area (Å²) in [5, 5.41) is 8.99. The first-order valence-corrected chi connectivity index (χ1v) is 6.65. The fourth-order valence-electron chi connectivity index (χ4n) is 1.99. The summed E-state index contributed by atoms with van der Waals surface area (Å²) in [6.07, 6.45) is 1.58. The molecular formula is C13H10N2O4S. The van der Waals surface area contributed by atoms with E-state index in [1.807, 2.05) is 6.92 Å². The highest BCUT2D eigenvalue weighted by Crippen LogP contribution is 2.23. The summed E-state index contributed by atoms with van der Waals surface area (Å²) in [6, 6.07) is 4.94. The predicted molar refractivity (Wildman–Crippen MR) is 73.4 cm³/mol. The maximum Gasteiger partial charge on any atom is 0.421 e. The number of aryl methyl sites for hydroxylation is 1. The number of thiophene rings is 1. The van der Waals surface area contributed by atoms with Crippen LogP contribution in [-0.2, 0) is 6.54 Å². The molecule has 6 nitrogen and oxygen atoms in total. The Morgan fingerprint density at radius 3 is 3.05 bits per heavy atom. The Kier molecular flexibility index (Phi) is 2.90. The van der Waals surface area contributed by atoms with Crippen molar-refractivity contribution >= 4 is 28.5 Å². The first-order valence-electron chi connectivity index (χ1n) is 5.83. The molecule has 0 fully saturated rings.